The van der Waals surface area contributed by atoms with Crippen molar-refractivity contribution in [3.63, 3.8) is 0 Å². The number of amides is 2. The van der Waals surface area contributed by atoms with Crippen molar-refractivity contribution in [3.05, 3.63) is 52.4 Å². The number of hydrogen-bond acceptors (Lipinski definition) is 5. The standard InChI is InChI=1S/C23H24ClN3O3S/c1-3-10-30-23(29)27-9-8-26(14-15(27)2)22(28)16-6-7-17-18(24)13-20(25-19(17)12-16)21-5-4-11-31-21/h4-7,11-13,15H,3,8-10,14H2,1-2H3/t15-/m1/s1. The van der Waals surface area contributed by atoms with Crippen LogP contribution in [0.25, 0.3) is 21.5 Å². The molecule has 1 aliphatic heterocycles. The fraction of sp³-hybridized carbons (Fsp3) is 0.348. The zero-order valence-corrected chi connectivity index (χ0v) is 19.1. The van der Waals surface area contributed by atoms with E-state index in [1.54, 1.807) is 33.3 Å². The van der Waals surface area contributed by atoms with E-state index in [1.807, 2.05) is 43.5 Å². The lowest BCUT2D eigenvalue weighted by molar-refractivity contribution is 0.0412. The van der Waals surface area contributed by atoms with Crippen LogP contribution in [0, 0.1) is 0 Å². The molecule has 0 radical (unpaired) electrons. The van der Waals surface area contributed by atoms with Gasteiger partial charge in [0.25, 0.3) is 5.91 Å². The third-order valence-electron chi connectivity index (χ3n) is 5.36. The molecule has 4 rings (SSSR count). The molecule has 6 nitrogen and oxygen atoms in total. The van der Waals surface area contributed by atoms with E-state index in [2.05, 4.69) is 0 Å². The smallest absolute Gasteiger partial charge is 0.410 e. The highest BCUT2D eigenvalue weighted by molar-refractivity contribution is 7.13. The molecule has 0 aliphatic carbocycles. The summed E-state index contributed by atoms with van der Waals surface area (Å²) in [6.45, 7) is 5.68. The third-order valence-corrected chi connectivity index (χ3v) is 6.56. The summed E-state index contributed by atoms with van der Waals surface area (Å²) in [7, 11) is 0. The van der Waals surface area contributed by atoms with Crippen LogP contribution in [-0.2, 0) is 4.74 Å². The molecule has 162 valence electrons. The Balaban J connectivity index is 1.53. The van der Waals surface area contributed by atoms with Crippen molar-refractivity contribution in [2.75, 3.05) is 26.2 Å². The first-order valence-corrected chi connectivity index (χ1v) is 11.6. The van der Waals surface area contributed by atoms with E-state index in [1.165, 1.54) is 0 Å². The largest absolute Gasteiger partial charge is 0.449 e. The Morgan fingerprint density at radius 2 is 2.10 bits per heavy atom. The van der Waals surface area contributed by atoms with Gasteiger partial charge in [-0.3, -0.25) is 4.79 Å². The highest BCUT2D eigenvalue weighted by Gasteiger charge is 2.31. The number of fused-ring (bicyclic) bond motifs is 1. The van der Waals surface area contributed by atoms with E-state index in [9.17, 15) is 9.59 Å². The van der Waals surface area contributed by atoms with Crippen LogP contribution in [0.1, 0.15) is 30.6 Å². The van der Waals surface area contributed by atoms with Crippen LogP contribution in [0.5, 0.6) is 0 Å². The summed E-state index contributed by atoms with van der Waals surface area (Å²) >= 11 is 8.08. The summed E-state index contributed by atoms with van der Waals surface area (Å²) in [5.41, 5.74) is 2.05. The maximum Gasteiger partial charge on any atom is 0.410 e. The first kappa shape index (κ1) is 21.6. The predicted octanol–water partition coefficient (Wildman–Crippen LogP) is 5.31. The highest BCUT2D eigenvalue weighted by Crippen LogP contribution is 2.31. The number of piperazine rings is 1. The topological polar surface area (TPSA) is 62.7 Å². The highest BCUT2D eigenvalue weighted by atomic mass is 35.5. The minimum Gasteiger partial charge on any atom is -0.449 e. The number of rotatable bonds is 4. The minimum absolute atomic E-state index is 0.0743. The molecule has 0 unspecified atom stereocenters. The molecule has 3 aromatic rings. The number of benzene rings is 1. The summed E-state index contributed by atoms with van der Waals surface area (Å²) < 4.78 is 5.25. The lowest BCUT2D eigenvalue weighted by Gasteiger charge is -2.39. The van der Waals surface area contributed by atoms with E-state index >= 15 is 0 Å². The van der Waals surface area contributed by atoms with E-state index in [0.717, 1.165) is 22.4 Å². The van der Waals surface area contributed by atoms with Crippen molar-refractivity contribution in [2.45, 2.75) is 26.3 Å². The zero-order valence-electron chi connectivity index (χ0n) is 17.5. The van der Waals surface area contributed by atoms with Gasteiger partial charge in [0.15, 0.2) is 0 Å². The number of pyridine rings is 1. The fourth-order valence-corrected chi connectivity index (χ4v) is 4.69. The monoisotopic (exact) mass is 457 g/mol. The molecule has 2 amide bonds. The van der Waals surface area contributed by atoms with Crippen molar-refractivity contribution in [1.82, 2.24) is 14.8 Å². The fourth-order valence-electron chi connectivity index (χ4n) is 3.74. The summed E-state index contributed by atoms with van der Waals surface area (Å²) in [5, 5.41) is 3.42. The van der Waals surface area contributed by atoms with Crippen LogP contribution < -0.4 is 0 Å². The van der Waals surface area contributed by atoms with Crippen LogP contribution in [0.3, 0.4) is 0 Å². The van der Waals surface area contributed by atoms with Gasteiger partial charge in [-0.15, -0.1) is 11.3 Å². The van der Waals surface area contributed by atoms with Gasteiger partial charge in [-0.25, -0.2) is 9.78 Å². The Labute approximate surface area is 190 Å². The van der Waals surface area contributed by atoms with Gasteiger partial charge >= 0.3 is 6.09 Å². The average molecular weight is 458 g/mol. The Hall–Kier alpha value is -2.64. The van der Waals surface area contributed by atoms with Gasteiger partial charge in [0.2, 0.25) is 0 Å². The van der Waals surface area contributed by atoms with Gasteiger partial charge in [0.1, 0.15) is 0 Å². The lowest BCUT2D eigenvalue weighted by atomic mass is 10.1. The second kappa shape index (κ2) is 9.24. The third kappa shape index (κ3) is 4.52. The molecule has 0 N–H and O–H groups in total. The number of aromatic nitrogens is 1. The molecule has 1 aromatic carbocycles. The normalized spacial score (nSPS) is 16.5. The lowest BCUT2D eigenvalue weighted by Crippen LogP contribution is -2.55. The van der Waals surface area contributed by atoms with Crippen LogP contribution in [0.4, 0.5) is 4.79 Å². The van der Waals surface area contributed by atoms with E-state index in [0.29, 0.717) is 42.3 Å². The predicted molar refractivity (Wildman–Crippen MR) is 124 cm³/mol. The molecule has 0 bridgehead atoms. The van der Waals surface area contributed by atoms with E-state index < -0.39 is 0 Å². The molecule has 3 heterocycles. The number of nitrogens with zero attached hydrogens (tertiary/aromatic N) is 3. The van der Waals surface area contributed by atoms with Crippen LogP contribution in [-0.4, -0.2) is 59.1 Å². The quantitative estimate of drug-likeness (QED) is 0.532. The summed E-state index contributed by atoms with van der Waals surface area (Å²) in [6.07, 6.45) is 0.472. The number of carbonyl (C=O) groups excluding carboxylic acids is 2. The second-order valence-corrected chi connectivity index (χ2v) is 8.96. The molecule has 31 heavy (non-hydrogen) atoms. The van der Waals surface area contributed by atoms with Crippen LogP contribution in [0.2, 0.25) is 5.02 Å². The Kier molecular flexibility index (Phi) is 6.43. The van der Waals surface area contributed by atoms with Crippen molar-refractivity contribution < 1.29 is 14.3 Å². The molecule has 1 aliphatic rings. The maximum atomic E-state index is 13.2. The minimum atomic E-state index is -0.313. The van der Waals surface area contributed by atoms with Gasteiger partial charge in [0.05, 0.1) is 27.7 Å². The number of thiophene rings is 1. The Bertz CT molecular complexity index is 1100. The zero-order chi connectivity index (χ0) is 22.0. The van der Waals surface area contributed by atoms with Gasteiger partial charge in [-0.05, 0) is 43.0 Å². The molecule has 2 aromatic heterocycles. The average Bonchev–Trinajstić information content (AvgIpc) is 3.31. The second-order valence-electron chi connectivity index (χ2n) is 7.61. The molecule has 0 saturated carbocycles. The molecule has 1 saturated heterocycles. The molecule has 1 atom stereocenters. The first-order chi connectivity index (χ1) is 15.0. The van der Waals surface area contributed by atoms with Gasteiger partial charge in [0, 0.05) is 36.6 Å². The van der Waals surface area contributed by atoms with Gasteiger partial charge < -0.3 is 14.5 Å². The van der Waals surface area contributed by atoms with Gasteiger partial charge in [-0.2, -0.15) is 0 Å². The molecular weight excluding hydrogens is 434 g/mol. The first-order valence-electron chi connectivity index (χ1n) is 10.3. The summed E-state index contributed by atoms with van der Waals surface area (Å²) in [5.74, 6) is -0.0743. The molecule has 1 fully saturated rings. The number of hydrogen-bond donors (Lipinski definition) is 0. The molecule has 8 heteroatoms. The van der Waals surface area contributed by atoms with E-state index in [4.69, 9.17) is 21.3 Å². The maximum absolute atomic E-state index is 13.2. The van der Waals surface area contributed by atoms with Crippen LogP contribution >= 0.6 is 22.9 Å². The number of ether oxygens (including phenoxy) is 1. The van der Waals surface area contributed by atoms with Crippen molar-refractivity contribution in [2.24, 2.45) is 0 Å². The number of halogens is 1. The Morgan fingerprint density at radius 1 is 1.26 bits per heavy atom. The summed E-state index contributed by atoms with van der Waals surface area (Å²) in [6, 6.07) is 11.1. The van der Waals surface area contributed by atoms with Crippen molar-refractivity contribution >= 4 is 45.8 Å². The van der Waals surface area contributed by atoms with Crippen molar-refractivity contribution in [3.8, 4) is 10.6 Å². The number of carbonyl (C=O) groups is 2. The van der Waals surface area contributed by atoms with E-state index in [-0.39, 0.29) is 18.0 Å². The van der Waals surface area contributed by atoms with Gasteiger partial charge in [-0.1, -0.05) is 30.7 Å². The SMILES string of the molecule is CCCOC(=O)N1CCN(C(=O)c2ccc3c(Cl)cc(-c4cccs4)nc3c2)C[C@H]1C. The van der Waals surface area contributed by atoms with Crippen LogP contribution in [0.15, 0.2) is 41.8 Å². The Morgan fingerprint density at radius 3 is 2.81 bits per heavy atom. The summed E-state index contributed by atoms with van der Waals surface area (Å²) in [4.78, 5) is 34.6. The molecule has 0 spiro atoms. The molecular formula is C23H24ClN3O3S. The van der Waals surface area contributed by atoms with Crippen molar-refractivity contribution in [1.29, 1.82) is 0 Å².